The third kappa shape index (κ3) is 3.17. The normalized spacial score (nSPS) is 24.9. The highest BCUT2D eigenvalue weighted by molar-refractivity contribution is 5.86. The van der Waals surface area contributed by atoms with Crippen LogP contribution in [0.4, 0.5) is 0 Å². The molecule has 0 saturated carbocycles. The fourth-order valence-electron chi connectivity index (χ4n) is 1.48. The van der Waals surface area contributed by atoms with Crippen molar-refractivity contribution in [2.45, 2.75) is 6.04 Å². The monoisotopic (exact) mass is 215 g/mol. The molecule has 0 radical (unpaired) electrons. The molecule has 1 fully saturated rings. The summed E-state index contributed by atoms with van der Waals surface area (Å²) in [6.07, 6.45) is 0. The van der Waals surface area contributed by atoms with Crippen LogP contribution < -0.4 is 16.0 Å². The first-order chi connectivity index (χ1) is 7.19. The molecule has 0 aliphatic carbocycles. The van der Waals surface area contributed by atoms with Crippen LogP contribution >= 0.6 is 0 Å². The van der Waals surface area contributed by atoms with Gasteiger partial charge < -0.3 is 20.7 Å². The van der Waals surface area contributed by atoms with Crippen molar-refractivity contribution >= 4 is 11.8 Å². The van der Waals surface area contributed by atoms with Crippen molar-refractivity contribution in [1.29, 1.82) is 0 Å². The Balaban J connectivity index is 2.36. The van der Waals surface area contributed by atoms with Gasteiger partial charge in [0.2, 0.25) is 11.8 Å². The van der Waals surface area contributed by atoms with E-state index < -0.39 is 0 Å². The topological polar surface area (TPSA) is 79.5 Å². The molecule has 1 heterocycles. The summed E-state index contributed by atoms with van der Waals surface area (Å²) in [6, 6.07) is 0.0367. The van der Waals surface area contributed by atoms with Crippen molar-refractivity contribution in [2.24, 2.45) is 5.92 Å². The number of amides is 2. The molecule has 1 aliphatic heterocycles. The fraction of sp³-hybridized carbons (Fsp3) is 0.778. The minimum atomic E-state index is -0.209. The van der Waals surface area contributed by atoms with Gasteiger partial charge in [0.25, 0.3) is 0 Å². The van der Waals surface area contributed by atoms with Crippen molar-refractivity contribution in [3.05, 3.63) is 0 Å². The first-order valence-corrected chi connectivity index (χ1v) is 4.92. The molecule has 0 aromatic rings. The van der Waals surface area contributed by atoms with E-state index in [0.29, 0.717) is 13.2 Å². The third-order valence-corrected chi connectivity index (χ3v) is 2.49. The summed E-state index contributed by atoms with van der Waals surface area (Å²) in [5, 5.41) is 8.01. The van der Waals surface area contributed by atoms with Gasteiger partial charge in [-0.05, 0) is 7.05 Å². The second kappa shape index (κ2) is 5.67. The molecule has 1 saturated heterocycles. The molecule has 2 unspecified atom stereocenters. The Bertz CT molecular complexity index is 245. The van der Waals surface area contributed by atoms with Crippen molar-refractivity contribution in [1.82, 2.24) is 16.0 Å². The Morgan fingerprint density at radius 2 is 2.07 bits per heavy atom. The van der Waals surface area contributed by atoms with Gasteiger partial charge in [0.15, 0.2) is 0 Å². The highest BCUT2D eigenvalue weighted by Crippen LogP contribution is 2.12. The lowest BCUT2D eigenvalue weighted by molar-refractivity contribution is -0.128. The van der Waals surface area contributed by atoms with Gasteiger partial charge in [0, 0.05) is 13.1 Å². The van der Waals surface area contributed by atoms with Gasteiger partial charge in [-0.2, -0.15) is 0 Å². The third-order valence-electron chi connectivity index (χ3n) is 2.49. The lowest BCUT2D eigenvalue weighted by Crippen LogP contribution is -2.45. The Morgan fingerprint density at radius 3 is 2.67 bits per heavy atom. The summed E-state index contributed by atoms with van der Waals surface area (Å²) in [6.45, 7) is 0.960. The zero-order valence-corrected chi connectivity index (χ0v) is 9.00. The second-order valence-electron chi connectivity index (χ2n) is 3.43. The molecule has 0 aromatic carbocycles. The van der Waals surface area contributed by atoms with Crippen LogP contribution in [0.15, 0.2) is 0 Å². The summed E-state index contributed by atoms with van der Waals surface area (Å²) in [4.78, 5) is 22.5. The van der Waals surface area contributed by atoms with E-state index >= 15 is 0 Å². The first kappa shape index (κ1) is 11.9. The highest BCUT2D eigenvalue weighted by Gasteiger charge is 2.32. The van der Waals surface area contributed by atoms with Crippen LogP contribution in [-0.4, -0.2) is 51.7 Å². The number of nitrogens with one attached hydrogen (secondary N) is 3. The first-order valence-electron chi connectivity index (χ1n) is 4.92. The fourth-order valence-corrected chi connectivity index (χ4v) is 1.48. The minimum Gasteiger partial charge on any atom is -0.379 e. The van der Waals surface area contributed by atoms with Crippen molar-refractivity contribution < 1.29 is 14.3 Å². The van der Waals surface area contributed by atoms with Crippen LogP contribution in [0.25, 0.3) is 0 Å². The van der Waals surface area contributed by atoms with Gasteiger partial charge in [0.05, 0.1) is 25.7 Å². The smallest absolute Gasteiger partial charge is 0.239 e. The van der Waals surface area contributed by atoms with Crippen LogP contribution in [0.5, 0.6) is 0 Å². The maximum atomic E-state index is 11.6. The van der Waals surface area contributed by atoms with E-state index in [9.17, 15) is 9.59 Å². The van der Waals surface area contributed by atoms with E-state index in [1.807, 2.05) is 0 Å². The van der Waals surface area contributed by atoms with E-state index in [4.69, 9.17) is 4.74 Å². The van der Waals surface area contributed by atoms with E-state index in [2.05, 4.69) is 16.0 Å². The van der Waals surface area contributed by atoms with Crippen LogP contribution in [0, 0.1) is 5.92 Å². The lowest BCUT2D eigenvalue weighted by Gasteiger charge is -2.15. The Labute approximate surface area is 88.7 Å². The molecule has 1 rings (SSSR count). The Hall–Kier alpha value is -1.14. The summed E-state index contributed by atoms with van der Waals surface area (Å²) >= 11 is 0. The van der Waals surface area contributed by atoms with E-state index in [1.54, 1.807) is 7.05 Å². The van der Waals surface area contributed by atoms with Gasteiger partial charge in [0.1, 0.15) is 0 Å². The molecule has 3 N–H and O–H groups in total. The van der Waals surface area contributed by atoms with Crippen molar-refractivity contribution in [3.63, 3.8) is 0 Å². The summed E-state index contributed by atoms with van der Waals surface area (Å²) in [7, 11) is 3.32. The lowest BCUT2D eigenvalue weighted by atomic mass is 10.0. The maximum absolute atomic E-state index is 11.6. The molecule has 86 valence electrons. The van der Waals surface area contributed by atoms with E-state index in [1.165, 1.54) is 7.05 Å². The number of carbonyl (C=O) groups excluding carboxylic acids is 2. The number of hydrogen-bond donors (Lipinski definition) is 3. The summed E-state index contributed by atoms with van der Waals surface area (Å²) < 4.78 is 5.19. The van der Waals surface area contributed by atoms with Gasteiger partial charge in [-0.3, -0.25) is 9.59 Å². The zero-order chi connectivity index (χ0) is 11.3. The molecule has 15 heavy (non-hydrogen) atoms. The van der Waals surface area contributed by atoms with Crippen LogP contribution in [0.3, 0.4) is 0 Å². The van der Waals surface area contributed by atoms with E-state index in [-0.39, 0.29) is 30.3 Å². The largest absolute Gasteiger partial charge is 0.379 e. The maximum Gasteiger partial charge on any atom is 0.239 e. The van der Waals surface area contributed by atoms with Gasteiger partial charge in [-0.25, -0.2) is 0 Å². The van der Waals surface area contributed by atoms with E-state index in [0.717, 1.165) is 0 Å². The van der Waals surface area contributed by atoms with Crippen LogP contribution in [0.2, 0.25) is 0 Å². The molecule has 6 heteroatoms. The van der Waals surface area contributed by atoms with Gasteiger partial charge >= 0.3 is 0 Å². The van der Waals surface area contributed by atoms with Crippen molar-refractivity contribution in [3.8, 4) is 0 Å². The number of likely N-dealkylation sites (N-methyl/N-ethyl adjacent to an activating group) is 2. The highest BCUT2D eigenvalue weighted by atomic mass is 16.5. The average Bonchev–Trinajstić information content (AvgIpc) is 2.73. The standard InChI is InChI=1S/C9H17N3O3/c1-10-7-5-15-4-6(7)9(14)12-3-8(13)11-2/h6-7,10H,3-5H2,1-2H3,(H,11,13)(H,12,14). The molecule has 1 aliphatic rings. The SMILES string of the molecule is CNC(=O)CNC(=O)C1COCC1NC. The molecule has 0 spiro atoms. The van der Waals surface area contributed by atoms with Crippen LogP contribution in [0.1, 0.15) is 0 Å². The number of carbonyl (C=O) groups is 2. The summed E-state index contributed by atoms with van der Waals surface area (Å²) in [5.74, 6) is -0.557. The van der Waals surface area contributed by atoms with Crippen molar-refractivity contribution in [2.75, 3.05) is 33.9 Å². The molecule has 2 atom stereocenters. The Morgan fingerprint density at radius 1 is 1.33 bits per heavy atom. The zero-order valence-electron chi connectivity index (χ0n) is 9.00. The Kier molecular flexibility index (Phi) is 4.51. The predicted molar refractivity (Wildman–Crippen MR) is 54.2 cm³/mol. The molecule has 0 bridgehead atoms. The van der Waals surface area contributed by atoms with Crippen LogP contribution in [-0.2, 0) is 14.3 Å². The molecule has 2 amide bonds. The molecule has 6 nitrogen and oxygen atoms in total. The average molecular weight is 215 g/mol. The number of ether oxygens (including phenoxy) is 1. The molecular formula is C9H17N3O3. The van der Waals surface area contributed by atoms with Gasteiger partial charge in [-0.1, -0.05) is 0 Å². The quantitative estimate of drug-likeness (QED) is 0.511. The second-order valence-corrected chi connectivity index (χ2v) is 3.43. The predicted octanol–water partition coefficient (Wildman–Crippen LogP) is -1.92. The number of hydrogen-bond acceptors (Lipinski definition) is 4. The molecular weight excluding hydrogens is 198 g/mol. The minimum absolute atomic E-state index is 0.0161. The molecule has 0 aromatic heterocycles. The van der Waals surface area contributed by atoms with Gasteiger partial charge in [-0.15, -0.1) is 0 Å². The number of rotatable bonds is 4. The summed E-state index contributed by atoms with van der Waals surface area (Å²) in [5.41, 5.74) is 0.